The normalized spacial score (nSPS) is 10.5. The van der Waals surface area contributed by atoms with E-state index < -0.39 is 29.8 Å². The van der Waals surface area contributed by atoms with E-state index in [1.165, 1.54) is 18.2 Å². The van der Waals surface area contributed by atoms with Crippen molar-refractivity contribution in [1.29, 1.82) is 0 Å². The Morgan fingerprint density at radius 2 is 1.47 bits per heavy atom. The molecule has 0 spiro atoms. The van der Waals surface area contributed by atoms with Gasteiger partial charge >= 0.3 is 5.97 Å². The Hall–Kier alpha value is -2.30. The summed E-state index contributed by atoms with van der Waals surface area (Å²) in [5, 5.41) is 8.66. The van der Waals surface area contributed by atoms with Gasteiger partial charge in [0.25, 0.3) is 0 Å². The van der Waals surface area contributed by atoms with Gasteiger partial charge < -0.3 is 5.11 Å². The van der Waals surface area contributed by atoms with Gasteiger partial charge in [-0.3, -0.25) is 4.79 Å². The van der Waals surface area contributed by atoms with Crippen molar-refractivity contribution in [2.24, 2.45) is 0 Å². The molecule has 2 rings (SSSR count). The van der Waals surface area contributed by atoms with Crippen molar-refractivity contribution in [3.05, 3.63) is 59.4 Å². The number of carboxylic acid groups (broad SMARTS) is 1. The minimum absolute atomic E-state index is 0.00488. The monoisotopic (exact) mass is 266 g/mol. The molecule has 0 aliphatic rings. The lowest BCUT2D eigenvalue weighted by atomic mass is 10.0. The van der Waals surface area contributed by atoms with Crippen molar-refractivity contribution in [1.82, 2.24) is 0 Å². The maximum Gasteiger partial charge on any atom is 0.307 e. The number of benzene rings is 2. The van der Waals surface area contributed by atoms with Crippen molar-refractivity contribution >= 4 is 5.97 Å². The molecule has 0 aromatic heterocycles. The number of aliphatic carboxylic acids is 1. The second kappa shape index (κ2) is 5.14. The zero-order chi connectivity index (χ0) is 14.0. The van der Waals surface area contributed by atoms with Crippen LogP contribution in [0.1, 0.15) is 5.56 Å². The summed E-state index contributed by atoms with van der Waals surface area (Å²) in [6.45, 7) is 0. The third kappa shape index (κ3) is 2.93. The minimum atomic E-state index is -1.17. The zero-order valence-electron chi connectivity index (χ0n) is 9.66. The first-order valence-corrected chi connectivity index (χ1v) is 5.43. The molecule has 5 heteroatoms. The van der Waals surface area contributed by atoms with E-state index in [0.717, 1.165) is 18.2 Å². The standard InChI is InChI=1S/C14H9F3O2/c15-11-3-1-8(5-10(11)7-14(18)19)9-2-4-12(16)13(17)6-9/h1-6H,7H2,(H,18,19). The molecule has 0 heterocycles. The molecule has 19 heavy (non-hydrogen) atoms. The molecule has 2 nitrogen and oxygen atoms in total. The zero-order valence-corrected chi connectivity index (χ0v) is 9.66. The Morgan fingerprint density at radius 3 is 2.05 bits per heavy atom. The molecule has 0 bridgehead atoms. The predicted octanol–water partition coefficient (Wildman–Crippen LogP) is 3.40. The van der Waals surface area contributed by atoms with Crippen LogP contribution >= 0.6 is 0 Å². The number of hydrogen-bond acceptors (Lipinski definition) is 1. The first-order valence-electron chi connectivity index (χ1n) is 5.43. The van der Waals surface area contributed by atoms with Crippen LogP contribution in [0.25, 0.3) is 11.1 Å². The molecular formula is C14H9F3O2. The average Bonchev–Trinajstić information content (AvgIpc) is 2.35. The fraction of sp³-hybridized carbons (Fsp3) is 0.0714. The smallest absolute Gasteiger partial charge is 0.307 e. The Labute approximate surface area is 107 Å². The van der Waals surface area contributed by atoms with Crippen molar-refractivity contribution in [2.75, 3.05) is 0 Å². The van der Waals surface area contributed by atoms with Crippen LogP contribution in [-0.4, -0.2) is 11.1 Å². The Morgan fingerprint density at radius 1 is 0.895 bits per heavy atom. The van der Waals surface area contributed by atoms with E-state index in [4.69, 9.17) is 5.11 Å². The van der Waals surface area contributed by atoms with Crippen LogP contribution in [0.15, 0.2) is 36.4 Å². The molecular weight excluding hydrogens is 257 g/mol. The van der Waals surface area contributed by atoms with Gasteiger partial charge in [0.1, 0.15) is 5.82 Å². The first-order chi connectivity index (χ1) is 8.97. The summed E-state index contributed by atoms with van der Waals surface area (Å²) < 4.78 is 39.3. The van der Waals surface area contributed by atoms with Gasteiger partial charge in [-0.15, -0.1) is 0 Å². The molecule has 0 unspecified atom stereocenters. The van der Waals surface area contributed by atoms with Crippen LogP contribution in [0.3, 0.4) is 0 Å². The van der Waals surface area contributed by atoms with Crippen molar-refractivity contribution in [3.63, 3.8) is 0 Å². The SMILES string of the molecule is O=C(O)Cc1cc(-c2ccc(F)c(F)c2)ccc1F. The lowest BCUT2D eigenvalue weighted by Crippen LogP contribution is -2.02. The molecule has 0 radical (unpaired) electrons. The van der Waals surface area contributed by atoms with Gasteiger partial charge in [-0.1, -0.05) is 12.1 Å². The number of carboxylic acids is 1. The molecule has 2 aromatic rings. The number of halogens is 3. The van der Waals surface area contributed by atoms with Crippen LogP contribution in [0.5, 0.6) is 0 Å². The quantitative estimate of drug-likeness (QED) is 0.924. The van der Waals surface area contributed by atoms with Crippen LogP contribution in [-0.2, 0) is 11.2 Å². The second-order valence-electron chi connectivity index (χ2n) is 4.01. The van der Waals surface area contributed by atoms with E-state index in [9.17, 15) is 18.0 Å². The highest BCUT2D eigenvalue weighted by molar-refractivity contribution is 5.72. The highest BCUT2D eigenvalue weighted by Gasteiger charge is 2.10. The topological polar surface area (TPSA) is 37.3 Å². The summed E-state index contributed by atoms with van der Waals surface area (Å²) in [7, 11) is 0. The molecule has 2 aromatic carbocycles. The average molecular weight is 266 g/mol. The van der Waals surface area contributed by atoms with E-state index in [1.807, 2.05) is 0 Å². The first kappa shape index (κ1) is 13.1. The molecule has 0 fully saturated rings. The Balaban J connectivity index is 2.44. The van der Waals surface area contributed by atoms with Crippen LogP contribution in [0.2, 0.25) is 0 Å². The van der Waals surface area contributed by atoms with Gasteiger partial charge in [-0.25, -0.2) is 13.2 Å². The summed E-state index contributed by atoms with van der Waals surface area (Å²) in [4.78, 5) is 10.6. The summed E-state index contributed by atoms with van der Waals surface area (Å²) in [6, 6.07) is 7.09. The Kier molecular flexibility index (Phi) is 3.55. The number of rotatable bonds is 3. The van der Waals surface area contributed by atoms with E-state index in [0.29, 0.717) is 11.1 Å². The molecule has 0 saturated heterocycles. The Bertz CT molecular complexity index is 639. The fourth-order valence-electron chi connectivity index (χ4n) is 1.73. The molecule has 0 saturated carbocycles. The van der Waals surface area contributed by atoms with Crippen molar-refractivity contribution in [3.8, 4) is 11.1 Å². The van der Waals surface area contributed by atoms with Gasteiger partial charge in [0.05, 0.1) is 6.42 Å². The van der Waals surface area contributed by atoms with Gasteiger partial charge in [-0.2, -0.15) is 0 Å². The molecule has 0 atom stereocenters. The fourth-order valence-corrected chi connectivity index (χ4v) is 1.73. The highest BCUT2D eigenvalue weighted by atomic mass is 19.2. The van der Waals surface area contributed by atoms with Gasteiger partial charge in [0.15, 0.2) is 11.6 Å². The largest absolute Gasteiger partial charge is 0.481 e. The third-order valence-corrected chi connectivity index (χ3v) is 2.64. The van der Waals surface area contributed by atoms with Gasteiger partial charge in [0.2, 0.25) is 0 Å². The third-order valence-electron chi connectivity index (χ3n) is 2.64. The maximum absolute atomic E-state index is 13.4. The molecule has 98 valence electrons. The highest BCUT2D eigenvalue weighted by Crippen LogP contribution is 2.24. The minimum Gasteiger partial charge on any atom is -0.481 e. The molecule has 0 amide bonds. The van der Waals surface area contributed by atoms with Crippen LogP contribution < -0.4 is 0 Å². The lowest BCUT2D eigenvalue weighted by Gasteiger charge is -2.06. The lowest BCUT2D eigenvalue weighted by molar-refractivity contribution is -0.136. The second-order valence-corrected chi connectivity index (χ2v) is 4.01. The van der Waals surface area contributed by atoms with Crippen molar-refractivity contribution in [2.45, 2.75) is 6.42 Å². The van der Waals surface area contributed by atoms with Crippen LogP contribution in [0.4, 0.5) is 13.2 Å². The molecule has 1 N–H and O–H groups in total. The van der Waals surface area contributed by atoms with Gasteiger partial charge in [0, 0.05) is 0 Å². The van der Waals surface area contributed by atoms with E-state index in [1.54, 1.807) is 0 Å². The number of carbonyl (C=O) groups is 1. The molecule has 0 aliphatic carbocycles. The summed E-state index contributed by atoms with van der Waals surface area (Å²) in [5.41, 5.74) is 0.775. The summed E-state index contributed by atoms with van der Waals surface area (Å²) in [6.07, 6.45) is -0.469. The van der Waals surface area contributed by atoms with Crippen molar-refractivity contribution < 1.29 is 23.1 Å². The van der Waals surface area contributed by atoms with E-state index >= 15 is 0 Å². The van der Waals surface area contributed by atoms with E-state index in [2.05, 4.69) is 0 Å². The maximum atomic E-state index is 13.4. The summed E-state index contributed by atoms with van der Waals surface area (Å²) in [5.74, 6) is -3.80. The van der Waals surface area contributed by atoms with E-state index in [-0.39, 0.29) is 5.56 Å². The van der Waals surface area contributed by atoms with Crippen LogP contribution in [0, 0.1) is 17.5 Å². The predicted molar refractivity (Wildman–Crippen MR) is 63.1 cm³/mol. The summed E-state index contributed by atoms with van der Waals surface area (Å²) >= 11 is 0. The molecule has 0 aliphatic heterocycles. The number of hydrogen-bond donors (Lipinski definition) is 1. The van der Waals surface area contributed by atoms with Gasteiger partial charge in [-0.05, 0) is 41.0 Å².